The van der Waals surface area contributed by atoms with Crippen molar-refractivity contribution < 1.29 is 34.2 Å². The predicted molar refractivity (Wildman–Crippen MR) is 181 cm³/mol. The molecule has 248 valence electrons. The summed E-state index contributed by atoms with van der Waals surface area (Å²) in [5.74, 6) is -4.77. The van der Waals surface area contributed by atoms with Gasteiger partial charge in [0.25, 0.3) is 11.8 Å². The van der Waals surface area contributed by atoms with Crippen molar-refractivity contribution in [1.29, 1.82) is 0 Å². The number of aliphatic carboxylic acids is 2. The molecule has 0 unspecified atom stereocenters. The quantitative estimate of drug-likeness (QED) is 0.132. The molecule has 0 aromatic heterocycles. The molecule has 4 rings (SSSR count). The second-order valence-corrected chi connectivity index (χ2v) is 12.0. The third-order valence-electron chi connectivity index (χ3n) is 8.41. The average molecular weight is 650 g/mol. The third-order valence-corrected chi connectivity index (χ3v) is 8.41. The van der Waals surface area contributed by atoms with Crippen LogP contribution in [-0.2, 0) is 27.2 Å². The summed E-state index contributed by atoms with van der Waals surface area (Å²) in [6, 6.07) is 28.7. The number of carboxylic acid groups (broad SMARTS) is 2. The first kappa shape index (κ1) is 35.1. The Labute approximate surface area is 279 Å². The Morgan fingerprint density at radius 1 is 0.604 bits per heavy atom. The number of carboxylic acids is 2. The minimum Gasteiger partial charge on any atom is -0.480 e. The Bertz CT molecular complexity index is 1780. The summed E-state index contributed by atoms with van der Waals surface area (Å²) < 4.78 is 0. The second kappa shape index (κ2) is 15.7. The van der Waals surface area contributed by atoms with Crippen LogP contribution in [-0.4, -0.2) is 57.5 Å². The van der Waals surface area contributed by atoms with Crippen LogP contribution in [0.4, 0.5) is 0 Å². The Morgan fingerprint density at radius 3 is 1.42 bits per heavy atom. The maximum Gasteiger partial charge on any atom is 0.329 e. The van der Waals surface area contributed by atoms with Crippen LogP contribution < -0.4 is 16.0 Å². The van der Waals surface area contributed by atoms with Crippen LogP contribution in [0.1, 0.15) is 52.6 Å². The van der Waals surface area contributed by atoms with Gasteiger partial charge in [-0.1, -0.05) is 111 Å². The topological polar surface area (TPSA) is 162 Å². The van der Waals surface area contributed by atoms with E-state index in [0.717, 1.165) is 11.1 Å². The van der Waals surface area contributed by atoms with Crippen LogP contribution in [0.5, 0.6) is 0 Å². The second-order valence-electron chi connectivity index (χ2n) is 12.0. The fourth-order valence-electron chi connectivity index (χ4n) is 5.20. The van der Waals surface area contributed by atoms with Crippen LogP contribution in [0, 0.1) is 5.92 Å². The molecule has 10 nitrogen and oxygen atoms in total. The summed E-state index contributed by atoms with van der Waals surface area (Å²) in [7, 11) is 0. The molecular weight excluding hydrogens is 610 g/mol. The summed E-state index contributed by atoms with van der Waals surface area (Å²) in [6.07, 6.45) is 0.164. The standard InChI is InChI=1S/C38H39N3O7/c1-24(2)38(3,37(47)48)41-35(44)31(22-25-14-6-4-7-15-25)39-33(42)29-20-12-10-18-27(29)28-19-11-13-21-30(28)34(43)40-32(36(45)46)23-26-16-8-5-9-17-26/h4-21,24,31-32H,22-23H2,1-3H3,(H,39,42)(H,40,43)(H,41,44)(H,45,46)(H,47,48)/t31-,32-,38-/m0/s1. The van der Waals surface area contributed by atoms with Gasteiger partial charge in [-0.25, -0.2) is 9.59 Å². The molecule has 0 aliphatic carbocycles. The molecule has 3 amide bonds. The first-order valence-corrected chi connectivity index (χ1v) is 15.6. The van der Waals surface area contributed by atoms with E-state index in [2.05, 4.69) is 16.0 Å². The number of rotatable bonds is 14. The van der Waals surface area contributed by atoms with Crippen molar-refractivity contribution in [2.75, 3.05) is 0 Å². The largest absolute Gasteiger partial charge is 0.480 e. The molecule has 0 saturated heterocycles. The zero-order valence-electron chi connectivity index (χ0n) is 27.0. The highest BCUT2D eigenvalue weighted by Gasteiger charge is 2.40. The molecule has 0 radical (unpaired) electrons. The molecule has 4 aromatic rings. The van der Waals surface area contributed by atoms with Crippen LogP contribution in [0.2, 0.25) is 0 Å². The Balaban J connectivity index is 1.65. The van der Waals surface area contributed by atoms with Gasteiger partial charge in [0.1, 0.15) is 17.6 Å². The third kappa shape index (κ3) is 8.52. The number of carbonyl (C=O) groups is 5. The van der Waals surface area contributed by atoms with E-state index >= 15 is 0 Å². The normalized spacial score (nSPS) is 13.4. The van der Waals surface area contributed by atoms with E-state index in [4.69, 9.17) is 0 Å². The van der Waals surface area contributed by atoms with Crippen molar-refractivity contribution in [3.8, 4) is 11.1 Å². The van der Waals surface area contributed by atoms with Crippen LogP contribution >= 0.6 is 0 Å². The molecule has 0 bridgehead atoms. The van der Waals surface area contributed by atoms with Gasteiger partial charge >= 0.3 is 11.9 Å². The van der Waals surface area contributed by atoms with E-state index in [1.165, 1.54) is 6.92 Å². The number of hydrogen-bond acceptors (Lipinski definition) is 5. The minimum absolute atomic E-state index is 0.0751. The van der Waals surface area contributed by atoms with E-state index in [1.54, 1.807) is 111 Å². The van der Waals surface area contributed by atoms with Crippen molar-refractivity contribution in [2.45, 2.75) is 51.2 Å². The Morgan fingerprint density at radius 2 is 1.00 bits per heavy atom. The lowest BCUT2D eigenvalue weighted by atomic mass is 9.88. The van der Waals surface area contributed by atoms with Crippen molar-refractivity contribution in [2.24, 2.45) is 5.92 Å². The Hall–Kier alpha value is -5.77. The van der Waals surface area contributed by atoms with Crippen LogP contribution in [0.15, 0.2) is 109 Å². The van der Waals surface area contributed by atoms with Crippen LogP contribution in [0.3, 0.4) is 0 Å². The number of benzene rings is 4. The van der Waals surface area contributed by atoms with Gasteiger partial charge in [-0.2, -0.15) is 0 Å². The number of carbonyl (C=O) groups excluding carboxylic acids is 3. The maximum atomic E-state index is 13.9. The lowest BCUT2D eigenvalue weighted by Crippen LogP contribution is -2.60. The van der Waals surface area contributed by atoms with E-state index < -0.39 is 53.2 Å². The average Bonchev–Trinajstić information content (AvgIpc) is 3.08. The van der Waals surface area contributed by atoms with Gasteiger partial charge < -0.3 is 26.2 Å². The van der Waals surface area contributed by atoms with Gasteiger partial charge in [0, 0.05) is 24.0 Å². The van der Waals surface area contributed by atoms with Gasteiger partial charge in [0.15, 0.2) is 0 Å². The van der Waals surface area contributed by atoms with Gasteiger partial charge in [0.05, 0.1) is 0 Å². The smallest absolute Gasteiger partial charge is 0.329 e. The molecular formula is C38H39N3O7. The first-order valence-electron chi connectivity index (χ1n) is 15.6. The fourth-order valence-corrected chi connectivity index (χ4v) is 5.20. The predicted octanol–water partition coefficient (Wildman–Crippen LogP) is 4.74. The fraction of sp³-hybridized carbons (Fsp3) is 0.237. The summed E-state index contributed by atoms with van der Waals surface area (Å²) in [4.78, 5) is 65.4. The van der Waals surface area contributed by atoms with Crippen molar-refractivity contribution in [3.05, 3.63) is 131 Å². The molecule has 3 atom stereocenters. The zero-order valence-corrected chi connectivity index (χ0v) is 27.0. The lowest BCUT2D eigenvalue weighted by Gasteiger charge is -2.32. The Kier molecular flexibility index (Phi) is 11.5. The molecule has 10 heteroatoms. The molecule has 4 aromatic carbocycles. The molecule has 0 aliphatic rings. The van der Waals surface area contributed by atoms with Crippen molar-refractivity contribution in [1.82, 2.24) is 16.0 Å². The van der Waals surface area contributed by atoms with E-state index in [0.29, 0.717) is 11.1 Å². The van der Waals surface area contributed by atoms with E-state index in [9.17, 15) is 34.2 Å². The van der Waals surface area contributed by atoms with Gasteiger partial charge in [-0.3, -0.25) is 14.4 Å². The molecule has 0 aliphatic heterocycles. The van der Waals surface area contributed by atoms with Gasteiger partial charge in [-0.05, 0) is 47.2 Å². The highest BCUT2D eigenvalue weighted by molar-refractivity contribution is 6.08. The summed E-state index contributed by atoms with van der Waals surface area (Å²) in [5, 5.41) is 27.8. The van der Waals surface area contributed by atoms with Gasteiger partial charge in [-0.15, -0.1) is 0 Å². The minimum atomic E-state index is -1.59. The number of hydrogen-bond donors (Lipinski definition) is 5. The van der Waals surface area contributed by atoms with E-state index in [1.807, 2.05) is 12.1 Å². The maximum absolute atomic E-state index is 13.9. The summed E-state index contributed by atoms with van der Waals surface area (Å²) >= 11 is 0. The molecule has 0 saturated carbocycles. The van der Waals surface area contributed by atoms with Crippen LogP contribution in [0.25, 0.3) is 11.1 Å². The monoisotopic (exact) mass is 649 g/mol. The highest BCUT2D eigenvalue weighted by Crippen LogP contribution is 2.28. The zero-order chi connectivity index (χ0) is 34.8. The highest BCUT2D eigenvalue weighted by atomic mass is 16.4. The molecule has 5 N–H and O–H groups in total. The SMILES string of the molecule is CC(C)[C@](C)(NC(=O)[C@H](Cc1ccccc1)NC(=O)c1ccccc1-c1ccccc1C(=O)N[C@@H](Cc1ccccc1)C(=O)O)C(=O)O. The first-order chi connectivity index (χ1) is 22.9. The number of nitrogens with one attached hydrogen (secondary N) is 3. The molecule has 0 heterocycles. The number of amides is 3. The van der Waals surface area contributed by atoms with Crippen molar-refractivity contribution in [3.63, 3.8) is 0 Å². The van der Waals surface area contributed by atoms with Gasteiger partial charge in [0.2, 0.25) is 5.91 Å². The molecule has 48 heavy (non-hydrogen) atoms. The summed E-state index contributed by atoms with van der Waals surface area (Å²) in [6.45, 7) is 4.79. The lowest BCUT2D eigenvalue weighted by molar-refractivity contribution is -0.149. The summed E-state index contributed by atoms with van der Waals surface area (Å²) in [5.41, 5.74) is 0.983. The van der Waals surface area contributed by atoms with Crippen molar-refractivity contribution >= 4 is 29.7 Å². The molecule has 0 fully saturated rings. The van der Waals surface area contributed by atoms with E-state index in [-0.39, 0.29) is 24.0 Å². The molecule has 0 spiro atoms.